The number of carbonyl (C=O) groups is 1. The van der Waals surface area contributed by atoms with Gasteiger partial charge in [-0.05, 0) is 110 Å². The van der Waals surface area contributed by atoms with E-state index in [1.165, 1.54) is 16.7 Å². The highest BCUT2D eigenvalue weighted by Crippen LogP contribution is 2.46. The third-order valence-electron chi connectivity index (χ3n) is 9.33. The van der Waals surface area contributed by atoms with Crippen LogP contribution in [-0.4, -0.2) is 44.7 Å². The fourth-order valence-corrected chi connectivity index (χ4v) is 7.08. The van der Waals surface area contributed by atoms with Gasteiger partial charge < -0.3 is 23.8 Å². The van der Waals surface area contributed by atoms with Gasteiger partial charge in [-0.25, -0.2) is 4.79 Å². The number of fused-ring (bicyclic) bond motifs is 6. The zero-order chi connectivity index (χ0) is 28.6. The van der Waals surface area contributed by atoms with Crippen molar-refractivity contribution in [3.63, 3.8) is 0 Å². The van der Waals surface area contributed by atoms with Crippen molar-refractivity contribution < 1.29 is 23.7 Å². The van der Waals surface area contributed by atoms with Gasteiger partial charge in [-0.15, -0.1) is 0 Å². The van der Waals surface area contributed by atoms with E-state index in [9.17, 15) is 4.79 Å². The lowest BCUT2D eigenvalue weighted by molar-refractivity contribution is -0.180. The minimum absolute atomic E-state index is 0.153. The first-order chi connectivity index (χ1) is 19.8. The van der Waals surface area contributed by atoms with Crippen LogP contribution in [0, 0.1) is 17.8 Å². The van der Waals surface area contributed by atoms with Crippen LogP contribution in [0.5, 0.6) is 5.75 Å². The molecule has 0 amide bonds. The Morgan fingerprint density at radius 2 is 1.88 bits per heavy atom. The highest BCUT2D eigenvalue weighted by molar-refractivity contribution is 6.30. The van der Waals surface area contributed by atoms with E-state index in [1.807, 2.05) is 45.2 Å². The molecule has 3 aliphatic heterocycles. The van der Waals surface area contributed by atoms with Crippen molar-refractivity contribution in [1.29, 1.82) is 0 Å². The molecule has 7 rings (SSSR count). The lowest BCUT2D eigenvalue weighted by Crippen LogP contribution is -2.45. The van der Waals surface area contributed by atoms with Gasteiger partial charge in [0.15, 0.2) is 0 Å². The van der Waals surface area contributed by atoms with Crippen LogP contribution in [0.25, 0.3) is 0 Å². The van der Waals surface area contributed by atoms with Crippen molar-refractivity contribution in [2.75, 3.05) is 31.8 Å². The summed E-state index contributed by atoms with van der Waals surface area (Å²) in [5.74, 6) is 0.807. The molecule has 2 aromatic carbocycles. The van der Waals surface area contributed by atoms with Crippen LogP contribution in [0.4, 0.5) is 5.69 Å². The lowest BCUT2D eigenvalue weighted by Gasteiger charge is -2.46. The maximum Gasteiger partial charge on any atom is 0.340 e. The minimum atomic E-state index is -1.03. The number of hydrogen-bond donors (Lipinski definition) is 0. The van der Waals surface area contributed by atoms with E-state index >= 15 is 0 Å². The highest BCUT2D eigenvalue weighted by atomic mass is 35.5. The number of aryl methyl sites for hydroxylation is 1. The lowest BCUT2D eigenvalue weighted by atomic mass is 9.65. The average molecular weight is 580 g/mol. The molecular formula is C34H42ClNO5. The fraction of sp³-hybridized carbons (Fsp3) is 0.559. The largest absolute Gasteiger partial charge is 0.491 e. The predicted molar refractivity (Wildman–Crippen MR) is 161 cm³/mol. The number of carbonyl (C=O) groups excluding carboxylic acids is 1. The molecule has 0 radical (unpaired) electrons. The molecule has 1 fully saturated rings. The summed E-state index contributed by atoms with van der Waals surface area (Å²) in [5.41, 5.74) is 5.39. The van der Waals surface area contributed by atoms with Gasteiger partial charge in [0.1, 0.15) is 5.75 Å². The first kappa shape index (κ1) is 28.6. The van der Waals surface area contributed by atoms with E-state index in [1.54, 1.807) is 0 Å². The number of halogens is 1. The first-order valence-corrected chi connectivity index (χ1v) is 15.6. The number of nitrogens with zero attached hydrogens (tertiary/aromatic N) is 1. The summed E-state index contributed by atoms with van der Waals surface area (Å²) < 4.78 is 24.4. The summed E-state index contributed by atoms with van der Waals surface area (Å²) in [4.78, 5) is 15.8. The molecule has 1 unspecified atom stereocenters. The summed E-state index contributed by atoms with van der Waals surface area (Å²) in [5, 5.41) is 0.767. The Labute approximate surface area is 248 Å². The Morgan fingerprint density at radius 3 is 2.66 bits per heavy atom. The summed E-state index contributed by atoms with van der Waals surface area (Å²) in [7, 11) is 1.86. The van der Waals surface area contributed by atoms with Gasteiger partial charge in [-0.1, -0.05) is 23.7 Å². The van der Waals surface area contributed by atoms with Crippen LogP contribution in [0.1, 0.15) is 73.9 Å². The molecule has 4 bridgehead atoms. The third-order valence-corrected chi connectivity index (χ3v) is 9.56. The van der Waals surface area contributed by atoms with Gasteiger partial charge in [-0.2, -0.15) is 0 Å². The number of hydrogen-bond acceptors (Lipinski definition) is 6. The topological polar surface area (TPSA) is 57.2 Å². The first-order valence-electron chi connectivity index (χ1n) is 15.2. The average Bonchev–Trinajstić information content (AvgIpc) is 2.93. The SMILES string of the molecule is CO[C@@H]1C2=CC(CCOC(C)(C)OC(=O)c3ccc4c(c3)N(Cc3ccc(Cl)cc3CCCCO4)C[C@@H]3CC[C@H]31)C2. The van der Waals surface area contributed by atoms with E-state index in [0.717, 1.165) is 68.0 Å². The normalized spacial score (nSPS) is 28.1. The number of methoxy groups -OCH3 is 1. The molecule has 3 heterocycles. The molecule has 41 heavy (non-hydrogen) atoms. The maximum absolute atomic E-state index is 13.4. The van der Waals surface area contributed by atoms with Gasteiger partial charge in [0.25, 0.3) is 0 Å². The molecule has 2 aromatic rings. The Kier molecular flexibility index (Phi) is 8.35. The Balaban J connectivity index is 1.41. The zero-order valence-electron chi connectivity index (χ0n) is 24.5. The van der Waals surface area contributed by atoms with E-state index < -0.39 is 11.8 Å². The molecule has 0 saturated heterocycles. The molecular weight excluding hydrogens is 538 g/mol. The molecule has 7 heteroatoms. The summed E-state index contributed by atoms with van der Waals surface area (Å²) in [6.07, 6.45) is 9.73. The summed E-state index contributed by atoms with van der Waals surface area (Å²) >= 11 is 6.44. The van der Waals surface area contributed by atoms with E-state index in [2.05, 4.69) is 23.1 Å². The van der Waals surface area contributed by atoms with Gasteiger partial charge in [-0.3, -0.25) is 0 Å². The molecule has 4 atom stereocenters. The summed E-state index contributed by atoms with van der Waals surface area (Å²) in [6, 6.07) is 11.9. The molecule has 220 valence electrons. The maximum atomic E-state index is 13.4. The summed E-state index contributed by atoms with van der Waals surface area (Å²) in [6.45, 7) is 6.33. The molecule has 1 saturated carbocycles. The second-order valence-corrected chi connectivity index (χ2v) is 13.0. The second kappa shape index (κ2) is 12.0. The number of anilines is 1. The molecule has 0 spiro atoms. The molecule has 6 nitrogen and oxygen atoms in total. The van der Waals surface area contributed by atoms with E-state index in [0.29, 0.717) is 43.1 Å². The van der Waals surface area contributed by atoms with Crippen molar-refractivity contribution in [3.8, 4) is 5.75 Å². The van der Waals surface area contributed by atoms with Crippen molar-refractivity contribution in [2.24, 2.45) is 17.8 Å². The van der Waals surface area contributed by atoms with Crippen LogP contribution in [0.15, 0.2) is 48.0 Å². The van der Waals surface area contributed by atoms with Crippen LogP contribution < -0.4 is 9.64 Å². The fourth-order valence-electron chi connectivity index (χ4n) is 6.89. The van der Waals surface area contributed by atoms with Gasteiger partial charge in [0, 0.05) is 39.1 Å². The predicted octanol–water partition coefficient (Wildman–Crippen LogP) is 7.36. The van der Waals surface area contributed by atoms with Crippen molar-refractivity contribution in [1.82, 2.24) is 0 Å². The smallest absolute Gasteiger partial charge is 0.340 e. The second-order valence-electron chi connectivity index (χ2n) is 12.6. The van der Waals surface area contributed by atoms with Crippen molar-refractivity contribution >= 4 is 23.3 Å². The number of allylic oxidation sites excluding steroid dienone is 1. The number of esters is 1. The van der Waals surface area contributed by atoms with Gasteiger partial charge >= 0.3 is 5.97 Å². The van der Waals surface area contributed by atoms with Crippen LogP contribution >= 0.6 is 11.6 Å². The standard InChI is InChI=1S/C34H42ClNO5/c1-34(2)40-15-13-22-16-27(17-22)32(38-3)29-11-8-26(29)21-36-20-25-7-10-28(35)18-23(25)6-4-5-14-39-31-12-9-24(19-30(31)36)33(37)41-34/h7,9-10,12,16,18-19,22,26,29,32H,4-6,8,11,13-15,17,20-21H2,1-3H3/t22?,26-,29+,32+/m0/s1. The van der Waals surface area contributed by atoms with Gasteiger partial charge in [0.2, 0.25) is 5.79 Å². The van der Waals surface area contributed by atoms with E-state index in [-0.39, 0.29) is 6.10 Å². The molecule has 5 aliphatic rings. The Bertz CT molecular complexity index is 1310. The number of ether oxygens (including phenoxy) is 4. The van der Waals surface area contributed by atoms with Crippen molar-refractivity contribution in [3.05, 3.63) is 69.8 Å². The van der Waals surface area contributed by atoms with Gasteiger partial charge in [0.05, 0.1) is 30.6 Å². The quantitative estimate of drug-likeness (QED) is 0.260. The Hall–Kier alpha value is -2.54. The third kappa shape index (κ3) is 6.30. The monoisotopic (exact) mass is 579 g/mol. The zero-order valence-corrected chi connectivity index (χ0v) is 25.3. The Morgan fingerprint density at radius 1 is 1.02 bits per heavy atom. The number of benzene rings is 2. The molecule has 2 aliphatic carbocycles. The van der Waals surface area contributed by atoms with Crippen LogP contribution in [-0.2, 0) is 27.2 Å². The number of rotatable bonds is 1. The van der Waals surface area contributed by atoms with E-state index in [4.69, 9.17) is 30.5 Å². The highest BCUT2D eigenvalue weighted by Gasteiger charge is 2.42. The molecule has 0 N–H and O–H groups in total. The van der Waals surface area contributed by atoms with Crippen LogP contribution in [0.2, 0.25) is 5.02 Å². The van der Waals surface area contributed by atoms with Crippen molar-refractivity contribution in [2.45, 2.75) is 77.2 Å². The van der Waals surface area contributed by atoms with Crippen LogP contribution in [0.3, 0.4) is 0 Å². The molecule has 0 aromatic heterocycles. The minimum Gasteiger partial charge on any atom is -0.491 e.